The molecule has 1 amide bonds. The van der Waals surface area contributed by atoms with Crippen molar-refractivity contribution >= 4 is 37.5 Å². The highest BCUT2D eigenvalue weighted by atomic mass is 32.2. The van der Waals surface area contributed by atoms with Crippen molar-refractivity contribution in [2.45, 2.75) is 17.9 Å². The molecule has 0 bridgehead atoms. The molecule has 3 rings (SSSR count). The highest BCUT2D eigenvalue weighted by Crippen LogP contribution is 2.21. The number of carbonyl (C=O) groups is 1. The van der Waals surface area contributed by atoms with E-state index in [4.69, 9.17) is 9.88 Å². The molecule has 0 fully saturated rings. The first kappa shape index (κ1) is 20.3. The molecule has 28 heavy (non-hydrogen) atoms. The van der Waals surface area contributed by atoms with Gasteiger partial charge in [-0.15, -0.1) is 0 Å². The standard InChI is InChI=1S/C18H18FN3O4S2/c1-26-9-8-22-15-7-6-14(28(20,24)25)11-16(15)27-18(22)21-17(23)10-12-2-4-13(19)5-3-12/h2-7,11H,8-10H2,1H3,(H2,20,24,25). The first-order valence-electron chi connectivity index (χ1n) is 8.25. The Morgan fingerprint density at radius 3 is 2.61 bits per heavy atom. The number of amides is 1. The molecule has 1 aromatic heterocycles. The van der Waals surface area contributed by atoms with Gasteiger partial charge in [0.05, 0.1) is 28.1 Å². The minimum Gasteiger partial charge on any atom is -0.383 e. The third kappa shape index (κ3) is 4.71. The fourth-order valence-electron chi connectivity index (χ4n) is 2.64. The van der Waals surface area contributed by atoms with Crippen LogP contribution in [0.3, 0.4) is 0 Å². The number of ether oxygens (including phenoxy) is 1. The van der Waals surface area contributed by atoms with Gasteiger partial charge in [0.1, 0.15) is 5.82 Å². The molecule has 0 spiro atoms. The lowest BCUT2D eigenvalue weighted by Crippen LogP contribution is -2.19. The molecule has 1 heterocycles. The van der Waals surface area contributed by atoms with Gasteiger partial charge in [0.15, 0.2) is 4.80 Å². The SMILES string of the molecule is COCCn1c(=NC(=O)Cc2ccc(F)cc2)sc2cc(S(N)(=O)=O)ccc21. The largest absolute Gasteiger partial charge is 0.383 e. The monoisotopic (exact) mass is 423 g/mol. The smallest absolute Gasteiger partial charge is 0.252 e. The van der Waals surface area contributed by atoms with E-state index in [1.54, 1.807) is 17.7 Å². The molecule has 0 unspecified atom stereocenters. The summed E-state index contributed by atoms with van der Waals surface area (Å²) in [5.41, 5.74) is 1.37. The topological polar surface area (TPSA) is 104 Å². The average Bonchev–Trinajstić information content (AvgIpc) is 2.97. The van der Waals surface area contributed by atoms with E-state index in [2.05, 4.69) is 4.99 Å². The van der Waals surface area contributed by atoms with Crippen LogP contribution in [0.25, 0.3) is 10.2 Å². The number of nitrogens with two attached hydrogens (primary N) is 1. The van der Waals surface area contributed by atoms with E-state index >= 15 is 0 Å². The Kier molecular flexibility index (Phi) is 6.04. The molecule has 148 valence electrons. The molecule has 0 aliphatic carbocycles. The Balaban J connectivity index is 2.02. The van der Waals surface area contributed by atoms with Crippen LogP contribution in [0, 0.1) is 5.82 Å². The summed E-state index contributed by atoms with van der Waals surface area (Å²) in [5, 5.41) is 5.20. The summed E-state index contributed by atoms with van der Waals surface area (Å²) in [7, 11) is -2.28. The lowest BCUT2D eigenvalue weighted by atomic mass is 10.1. The van der Waals surface area contributed by atoms with Crippen molar-refractivity contribution in [2.75, 3.05) is 13.7 Å². The maximum Gasteiger partial charge on any atom is 0.252 e. The third-order valence-corrected chi connectivity index (χ3v) is 5.94. The van der Waals surface area contributed by atoms with E-state index < -0.39 is 15.9 Å². The van der Waals surface area contributed by atoms with Crippen LogP contribution in [0.2, 0.25) is 0 Å². The number of thiazole rings is 1. The molecule has 0 aliphatic heterocycles. The van der Waals surface area contributed by atoms with Crippen LogP contribution < -0.4 is 9.94 Å². The van der Waals surface area contributed by atoms with Crippen LogP contribution in [-0.2, 0) is 32.5 Å². The molecular weight excluding hydrogens is 405 g/mol. The first-order valence-corrected chi connectivity index (χ1v) is 10.6. The summed E-state index contributed by atoms with van der Waals surface area (Å²) in [4.78, 5) is 17.0. The van der Waals surface area contributed by atoms with Crippen LogP contribution in [0.4, 0.5) is 4.39 Å². The predicted octanol–water partition coefficient (Wildman–Crippen LogP) is 1.81. The number of sulfonamides is 1. The molecular formula is C18H18FN3O4S2. The first-order chi connectivity index (χ1) is 13.3. The van der Waals surface area contributed by atoms with Crippen molar-refractivity contribution in [3.05, 3.63) is 58.6 Å². The second-order valence-electron chi connectivity index (χ2n) is 6.01. The average molecular weight is 423 g/mol. The van der Waals surface area contributed by atoms with E-state index in [1.807, 2.05) is 0 Å². The van der Waals surface area contributed by atoms with Crippen molar-refractivity contribution < 1.29 is 22.3 Å². The molecule has 10 heteroatoms. The molecule has 0 radical (unpaired) electrons. The lowest BCUT2D eigenvalue weighted by Gasteiger charge is -2.05. The van der Waals surface area contributed by atoms with Crippen molar-refractivity contribution in [1.29, 1.82) is 0 Å². The van der Waals surface area contributed by atoms with E-state index in [9.17, 15) is 17.6 Å². The summed E-state index contributed by atoms with van der Waals surface area (Å²) in [6.45, 7) is 0.829. The molecule has 2 N–H and O–H groups in total. The molecule has 7 nitrogen and oxygen atoms in total. The molecule has 0 saturated carbocycles. The maximum absolute atomic E-state index is 13.0. The van der Waals surface area contributed by atoms with Crippen molar-refractivity contribution in [2.24, 2.45) is 10.1 Å². The number of aromatic nitrogens is 1. The number of benzene rings is 2. The van der Waals surface area contributed by atoms with Crippen LogP contribution in [0.1, 0.15) is 5.56 Å². The number of hydrogen-bond donors (Lipinski definition) is 1. The Bertz CT molecular complexity index is 1180. The summed E-state index contributed by atoms with van der Waals surface area (Å²) < 4.78 is 43.7. The second-order valence-corrected chi connectivity index (χ2v) is 8.58. The molecule has 0 saturated heterocycles. The van der Waals surface area contributed by atoms with Crippen molar-refractivity contribution in [3.8, 4) is 0 Å². The number of nitrogens with zero attached hydrogens (tertiary/aromatic N) is 2. The fourth-order valence-corrected chi connectivity index (χ4v) is 4.36. The molecule has 0 atom stereocenters. The van der Waals surface area contributed by atoms with Crippen LogP contribution in [-0.4, -0.2) is 32.6 Å². The second kappa shape index (κ2) is 8.31. The van der Waals surface area contributed by atoms with Gasteiger partial charge in [0.25, 0.3) is 5.91 Å². The van der Waals surface area contributed by atoms with E-state index in [0.717, 1.165) is 5.52 Å². The highest BCUT2D eigenvalue weighted by Gasteiger charge is 2.13. The minimum atomic E-state index is -3.84. The van der Waals surface area contributed by atoms with Gasteiger partial charge < -0.3 is 9.30 Å². The number of fused-ring (bicyclic) bond motifs is 1. The summed E-state index contributed by atoms with van der Waals surface area (Å²) in [6.07, 6.45) is 0.0290. The summed E-state index contributed by atoms with van der Waals surface area (Å²) in [6, 6.07) is 10.1. The zero-order valence-corrected chi connectivity index (χ0v) is 16.6. The van der Waals surface area contributed by atoms with Crippen LogP contribution in [0.5, 0.6) is 0 Å². The van der Waals surface area contributed by atoms with E-state index in [-0.39, 0.29) is 17.1 Å². The Hall–Kier alpha value is -2.40. The van der Waals surface area contributed by atoms with Gasteiger partial charge >= 0.3 is 0 Å². The van der Waals surface area contributed by atoms with Crippen molar-refractivity contribution in [1.82, 2.24) is 4.57 Å². The van der Waals surface area contributed by atoms with Gasteiger partial charge in [-0.25, -0.2) is 17.9 Å². The molecule has 0 aliphatic rings. The minimum absolute atomic E-state index is 0.00988. The van der Waals surface area contributed by atoms with Crippen LogP contribution in [0.15, 0.2) is 52.4 Å². The molecule has 2 aromatic carbocycles. The maximum atomic E-state index is 13.0. The van der Waals surface area contributed by atoms with Gasteiger partial charge in [-0.05, 0) is 35.9 Å². The number of methoxy groups -OCH3 is 1. The Morgan fingerprint density at radius 2 is 1.96 bits per heavy atom. The third-order valence-electron chi connectivity index (χ3n) is 3.99. The van der Waals surface area contributed by atoms with Crippen molar-refractivity contribution in [3.63, 3.8) is 0 Å². The number of primary sulfonamides is 1. The number of rotatable bonds is 6. The zero-order valence-electron chi connectivity index (χ0n) is 15.0. The summed E-state index contributed by atoms with van der Waals surface area (Å²) >= 11 is 1.19. The normalized spacial score (nSPS) is 12.6. The molecule has 3 aromatic rings. The number of hydrogen-bond acceptors (Lipinski definition) is 5. The number of carbonyl (C=O) groups excluding carboxylic acids is 1. The van der Waals surface area contributed by atoms with E-state index in [1.165, 1.54) is 47.7 Å². The lowest BCUT2D eigenvalue weighted by molar-refractivity contribution is -0.117. The predicted molar refractivity (Wildman–Crippen MR) is 104 cm³/mol. The Labute approximate surface area is 165 Å². The van der Waals surface area contributed by atoms with Gasteiger partial charge in [-0.2, -0.15) is 4.99 Å². The Morgan fingerprint density at radius 1 is 1.25 bits per heavy atom. The van der Waals surface area contributed by atoms with Crippen LogP contribution >= 0.6 is 11.3 Å². The highest BCUT2D eigenvalue weighted by molar-refractivity contribution is 7.89. The van der Waals surface area contributed by atoms with Gasteiger partial charge in [-0.3, -0.25) is 4.79 Å². The van der Waals surface area contributed by atoms with Gasteiger partial charge in [0.2, 0.25) is 10.0 Å². The summed E-state index contributed by atoms with van der Waals surface area (Å²) in [5.74, 6) is -0.767. The fraction of sp³-hybridized carbons (Fsp3) is 0.222. The van der Waals surface area contributed by atoms with Gasteiger partial charge in [-0.1, -0.05) is 23.5 Å². The zero-order chi connectivity index (χ0) is 20.3. The van der Waals surface area contributed by atoms with E-state index in [0.29, 0.717) is 28.2 Å². The number of halogens is 1. The van der Waals surface area contributed by atoms with Gasteiger partial charge in [0, 0.05) is 13.7 Å². The quantitative estimate of drug-likeness (QED) is 0.653.